The van der Waals surface area contributed by atoms with Crippen LogP contribution in [0.2, 0.25) is 0 Å². The lowest BCUT2D eigenvalue weighted by Crippen LogP contribution is -2.14. The summed E-state index contributed by atoms with van der Waals surface area (Å²) in [6.07, 6.45) is 0. The highest BCUT2D eigenvalue weighted by molar-refractivity contribution is 6.25. The highest BCUT2D eigenvalue weighted by Gasteiger charge is 2.35. The third-order valence-electron chi connectivity index (χ3n) is 11.8. The van der Waals surface area contributed by atoms with Crippen molar-refractivity contribution in [1.82, 2.24) is 4.57 Å². The third-order valence-corrected chi connectivity index (χ3v) is 11.8. The maximum atomic E-state index is 2.43. The molecule has 0 N–H and O–H groups in total. The smallest absolute Gasteiger partial charge is 0.0541 e. The Morgan fingerprint density at radius 3 is 1.62 bits per heavy atom. The summed E-state index contributed by atoms with van der Waals surface area (Å²) in [5.74, 6) is 0. The summed E-state index contributed by atoms with van der Waals surface area (Å²) >= 11 is 0. The van der Waals surface area contributed by atoms with Gasteiger partial charge in [0.25, 0.3) is 0 Å². The van der Waals surface area contributed by atoms with Gasteiger partial charge in [-0.3, -0.25) is 0 Å². The molecule has 0 fully saturated rings. The SMILES string of the molecule is CC1(C)c2ccccc2-c2cc(-c3ccc4c(c3)c3ccccc3n4-c3cccc(-c4ccc5c6ccccc6c6ccccc6c5c4)c3)ccc21. The normalized spacial score (nSPS) is 13.3. The molecule has 52 heavy (non-hydrogen) atoms. The molecule has 9 aromatic carbocycles. The largest absolute Gasteiger partial charge is 0.309 e. The second-order valence-electron chi connectivity index (χ2n) is 14.9. The van der Waals surface area contributed by atoms with Gasteiger partial charge < -0.3 is 4.57 Å². The maximum absolute atomic E-state index is 2.43. The fraction of sp³-hybridized carbons (Fsp3) is 0.0588. The standard InChI is InChI=1S/C51H35N/c1-51(2)47-20-9-7-18-42(47)45-30-34(23-26-48(45)51)35-24-27-50-46(31-35)43-19-8-10-21-49(43)52(50)36-13-11-12-32(28-36)33-22-25-41-39-16-4-3-14-37(39)38-15-5-6-17-40(38)44(41)29-33/h3-31H,1-2H3. The summed E-state index contributed by atoms with van der Waals surface area (Å²) < 4.78 is 2.43. The summed E-state index contributed by atoms with van der Waals surface area (Å²) in [5.41, 5.74) is 14.0. The molecule has 0 unspecified atom stereocenters. The van der Waals surface area contributed by atoms with E-state index in [1.807, 2.05) is 0 Å². The molecule has 0 spiro atoms. The summed E-state index contributed by atoms with van der Waals surface area (Å²) in [4.78, 5) is 0. The minimum Gasteiger partial charge on any atom is -0.309 e. The molecule has 10 aromatic rings. The topological polar surface area (TPSA) is 4.93 Å². The van der Waals surface area contributed by atoms with Crippen molar-refractivity contribution in [2.45, 2.75) is 19.3 Å². The van der Waals surface area contributed by atoms with Crippen molar-refractivity contribution in [2.24, 2.45) is 0 Å². The van der Waals surface area contributed by atoms with Crippen LogP contribution in [0.25, 0.3) is 93.2 Å². The van der Waals surface area contributed by atoms with Gasteiger partial charge in [-0.15, -0.1) is 0 Å². The lowest BCUT2D eigenvalue weighted by Gasteiger charge is -2.21. The van der Waals surface area contributed by atoms with Crippen molar-refractivity contribution >= 4 is 54.1 Å². The Morgan fingerprint density at radius 2 is 0.846 bits per heavy atom. The molecule has 1 aromatic heterocycles. The van der Waals surface area contributed by atoms with Crippen molar-refractivity contribution in [1.29, 1.82) is 0 Å². The molecule has 0 aliphatic heterocycles. The van der Waals surface area contributed by atoms with Gasteiger partial charge in [-0.2, -0.15) is 0 Å². The molecule has 0 amide bonds. The van der Waals surface area contributed by atoms with Crippen molar-refractivity contribution in [3.05, 3.63) is 187 Å². The lowest BCUT2D eigenvalue weighted by atomic mass is 9.82. The predicted octanol–water partition coefficient (Wildman–Crippen LogP) is 13.9. The zero-order valence-corrected chi connectivity index (χ0v) is 29.2. The quantitative estimate of drug-likeness (QED) is 0.166. The van der Waals surface area contributed by atoms with E-state index in [1.54, 1.807) is 0 Å². The van der Waals surface area contributed by atoms with E-state index in [1.165, 1.54) is 98.6 Å². The van der Waals surface area contributed by atoms with E-state index in [0.717, 1.165) is 5.69 Å². The molecule has 0 radical (unpaired) electrons. The highest BCUT2D eigenvalue weighted by Crippen LogP contribution is 2.50. The van der Waals surface area contributed by atoms with E-state index in [4.69, 9.17) is 0 Å². The summed E-state index contributed by atoms with van der Waals surface area (Å²) in [6, 6.07) is 65.4. The Bertz CT molecular complexity index is 3060. The Labute approximate surface area is 303 Å². The van der Waals surface area contributed by atoms with Crippen LogP contribution in [0.15, 0.2) is 176 Å². The first kappa shape index (κ1) is 29.3. The first-order valence-electron chi connectivity index (χ1n) is 18.3. The van der Waals surface area contributed by atoms with Gasteiger partial charge in [-0.1, -0.05) is 147 Å². The summed E-state index contributed by atoms with van der Waals surface area (Å²) in [5, 5.41) is 10.3. The molecule has 0 saturated heterocycles. The van der Waals surface area contributed by atoms with Crippen LogP contribution in [0.1, 0.15) is 25.0 Å². The molecule has 1 aliphatic carbocycles. The molecule has 0 bridgehead atoms. The summed E-state index contributed by atoms with van der Waals surface area (Å²) in [7, 11) is 0. The number of aromatic nitrogens is 1. The predicted molar refractivity (Wildman–Crippen MR) is 222 cm³/mol. The fourth-order valence-electron chi connectivity index (χ4n) is 9.24. The molecule has 244 valence electrons. The Morgan fingerprint density at radius 1 is 0.327 bits per heavy atom. The molecular formula is C51H35N. The first-order valence-corrected chi connectivity index (χ1v) is 18.3. The monoisotopic (exact) mass is 661 g/mol. The van der Waals surface area contributed by atoms with E-state index in [-0.39, 0.29) is 5.41 Å². The number of nitrogens with zero attached hydrogens (tertiary/aromatic N) is 1. The molecule has 11 rings (SSSR count). The van der Waals surface area contributed by atoms with Crippen LogP contribution in [-0.4, -0.2) is 4.57 Å². The van der Waals surface area contributed by atoms with Crippen molar-refractivity contribution in [2.75, 3.05) is 0 Å². The van der Waals surface area contributed by atoms with E-state index in [9.17, 15) is 0 Å². The second-order valence-corrected chi connectivity index (χ2v) is 14.9. The van der Waals surface area contributed by atoms with E-state index < -0.39 is 0 Å². The van der Waals surface area contributed by atoms with Crippen LogP contribution in [-0.2, 0) is 5.41 Å². The van der Waals surface area contributed by atoms with Crippen molar-refractivity contribution in [3.8, 4) is 39.1 Å². The van der Waals surface area contributed by atoms with E-state index in [2.05, 4.69) is 194 Å². The third kappa shape index (κ3) is 4.11. The van der Waals surface area contributed by atoms with Crippen molar-refractivity contribution < 1.29 is 0 Å². The average molecular weight is 662 g/mol. The minimum absolute atomic E-state index is 0.00534. The van der Waals surface area contributed by atoms with E-state index >= 15 is 0 Å². The van der Waals surface area contributed by atoms with Crippen LogP contribution >= 0.6 is 0 Å². The number of hydrogen-bond acceptors (Lipinski definition) is 0. The van der Waals surface area contributed by atoms with Gasteiger partial charge in [0.05, 0.1) is 11.0 Å². The molecule has 1 nitrogen and oxygen atoms in total. The maximum Gasteiger partial charge on any atom is 0.0541 e. The lowest BCUT2D eigenvalue weighted by molar-refractivity contribution is 0.660. The van der Waals surface area contributed by atoms with Gasteiger partial charge >= 0.3 is 0 Å². The molecule has 1 heteroatoms. The fourth-order valence-corrected chi connectivity index (χ4v) is 9.24. The minimum atomic E-state index is 0.00534. The van der Waals surface area contributed by atoms with Crippen molar-refractivity contribution in [3.63, 3.8) is 0 Å². The molecule has 0 atom stereocenters. The van der Waals surface area contributed by atoms with Gasteiger partial charge in [-0.05, 0) is 119 Å². The Balaban J connectivity index is 1.06. The van der Waals surface area contributed by atoms with Gasteiger partial charge in [0, 0.05) is 21.9 Å². The van der Waals surface area contributed by atoms with Crippen LogP contribution in [0.3, 0.4) is 0 Å². The van der Waals surface area contributed by atoms with Gasteiger partial charge in [0.2, 0.25) is 0 Å². The number of fused-ring (bicyclic) bond motifs is 12. The van der Waals surface area contributed by atoms with Gasteiger partial charge in [0.1, 0.15) is 0 Å². The first-order chi connectivity index (χ1) is 25.5. The van der Waals surface area contributed by atoms with Crippen LogP contribution in [0, 0.1) is 0 Å². The van der Waals surface area contributed by atoms with E-state index in [0.29, 0.717) is 0 Å². The molecular weight excluding hydrogens is 627 g/mol. The van der Waals surface area contributed by atoms with Crippen LogP contribution in [0.5, 0.6) is 0 Å². The zero-order valence-electron chi connectivity index (χ0n) is 29.2. The number of benzene rings is 9. The number of rotatable bonds is 3. The van der Waals surface area contributed by atoms with Gasteiger partial charge in [-0.25, -0.2) is 0 Å². The summed E-state index contributed by atoms with van der Waals surface area (Å²) in [6.45, 7) is 4.69. The number of hydrogen-bond donors (Lipinski definition) is 0. The average Bonchev–Trinajstić information content (AvgIpc) is 3.65. The molecule has 1 aliphatic rings. The van der Waals surface area contributed by atoms with Crippen LogP contribution < -0.4 is 0 Å². The van der Waals surface area contributed by atoms with Crippen LogP contribution in [0.4, 0.5) is 0 Å². The molecule has 0 saturated carbocycles. The number of para-hydroxylation sites is 1. The molecule has 1 heterocycles. The Kier molecular flexibility index (Phi) is 6.08. The highest BCUT2D eigenvalue weighted by atomic mass is 15.0. The second kappa shape index (κ2) is 10.8. The Hall–Kier alpha value is -6.44. The van der Waals surface area contributed by atoms with Gasteiger partial charge in [0.15, 0.2) is 0 Å². The zero-order chi connectivity index (χ0) is 34.6.